The highest BCUT2D eigenvalue weighted by atomic mass is 19.1. The maximum atomic E-state index is 13.9. The first-order chi connectivity index (χ1) is 5.99. The summed E-state index contributed by atoms with van der Waals surface area (Å²) in [6.07, 6.45) is -0.0140. The van der Waals surface area contributed by atoms with Crippen LogP contribution in [0, 0.1) is 5.92 Å². The third kappa shape index (κ3) is 1.92. The lowest BCUT2D eigenvalue weighted by Gasteiger charge is -2.23. The number of rotatable bonds is 1. The Kier molecular flexibility index (Phi) is 2.78. The second-order valence-electron chi connectivity index (χ2n) is 3.83. The maximum Gasteiger partial charge on any atom is 0.409 e. The van der Waals surface area contributed by atoms with E-state index in [1.165, 1.54) is 12.0 Å². The second kappa shape index (κ2) is 3.52. The molecule has 1 aliphatic rings. The van der Waals surface area contributed by atoms with Crippen LogP contribution in [0.2, 0.25) is 0 Å². The molecule has 4 heteroatoms. The molecule has 0 saturated carbocycles. The first-order valence-corrected chi connectivity index (χ1v) is 4.51. The number of methoxy groups -OCH3 is 1. The first kappa shape index (κ1) is 10.3. The molecule has 1 rings (SSSR count). The van der Waals surface area contributed by atoms with E-state index in [0.717, 1.165) is 0 Å². The predicted octanol–water partition coefficient (Wildman–Crippen LogP) is 1.82. The van der Waals surface area contributed by atoms with Gasteiger partial charge in [0.15, 0.2) is 0 Å². The fourth-order valence-electron chi connectivity index (χ4n) is 1.55. The molecule has 0 aromatic carbocycles. The standard InChI is InChI=1S/C9H16FNO2/c1-7(2)9(10)4-5-11(6-9)8(12)13-3/h7H,4-6H2,1-3H3/t9-/m0/s1. The van der Waals surface area contributed by atoms with Crippen molar-refractivity contribution in [3.8, 4) is 0 Å². The summed E-state index contributed by atoms with van der Waals surface area (Å²) in [5, 5.41) is 0. The van der Waals surface area contributed by atoms with Gasteiger partial charge in [0.25, 0.3) is 0 Å². The molecular weight excluding hydrogens is 173 g/mol. The Morgan fingerprint density at radius 3 is 2.62 bits per heavy atom. The van der Waals surface area contributed by atoms with Crippen LogP contribution in [-0.4, -0.2) is 36.9 Å². The number of carbonyl (C=O) groups excluding carboxylic acids is 1. The molecule has 0 N–H and O–H groups in total. The Morgan fingerprint density at radius 1 is 1.62 bits per heavy atom. The van der Waals surface area contributed by atoms with Crippen molar-refractivity contribution in [1.29, 1.82) is 0 Å². The molecule has 1 heterocycles. The van der Waals surface area contributed by atoms with Crippen LogP contribution in [0.15, 0.2) is 0 Å². The molecular formula is C9H16FNO2. The van der Waals surface area contributed by atoms with Crippen LogP contribution < -0.4 is 0 Å². The molecule has 0 unspecified atom stereocenters. The number of hydrogen-bond acceptors (Lipinski definition) is 2. The number of likely N-dealkylation sites (tertiary alicyclic amines) is 1. The van der Waals surface area contributed by atoms with Gasteiger partial charge in [0.05, 0.1) is 13.7 Å². The molecule has 0 spiro atoms. The Labute approximate surface area is 77.9 Å². The van der Waals surface area contributed by atoms with Crippen molar-refractivity contribution < 1.29 is 13.9 Å². The lowest BCUT2D eigenvalue weighted by molar-refractivity contribution is 0.0941. The molecule has 1 saturated heterocycles. The van der Waals surface area contributed by atoms with Gasteiger partial charge in [-0.15, -0.1) is 0 Å². The molecule has 0 aromatic rings. The Hall–Kier alpha value is -0.800. The summed E-state index contributed by atoms with van der Waals surface area (Å²) in [6, 6.07) is 0. The molecule has 13 heavy (non-hydrogen) atoms. The average Bonchev–Trinajstić information content (AvgIpc) is 2.48. The summed E-state index contributed by atoms with van der Waals surface area (Å²) in [5.41, 5.74) is -1.23. The minimum atomic E-state index is -1.23. The normalized spacial score (nSPS) is 28.2. The van der Waals surface area contributed by atoms with Gasteiger partial charge in [-0.25, -0.2) is 9.18 Å². The van der Waals surface area contributed by atoms with Crippen molar-refractivity contribution >= 4 is 6.09 Å². The lowest BCUT2D eigenvalue weighted by Crippen LogP contribution is -2.36. The van der Waals surface area contributed by atoms with Gasteiger partial charge < -0.3 is 9.64 Å². The molecule has 0 radical (unpaired) electrons. The topological polar surface area (TPSA) is 29.5 Å². The highest BCUT2D eigenvalue weighted by molar-refractivity contribution is 5.68. The summed E-state index contributed by atoms with van der Waals surface area (Å²) in [7, 11) is 1.32. The van der Waals surface area contributed by atoms with Crippen molar-refractivity contribution in [2.75, 3.05) is 20.2 Å². The largest absolute Gasteiger partial charge is 0.453 e. The van der Waals surface area contributed by atoms with Crippen LogP contribution in [0.4, 0.5) is 9.18 Å². The summed E-state index contributed by atoms with van der Waals surface area (Å²) >= 11 is 0. The summed E-state index contributed by atoms with van der Waals surface area (Å²) in [4.78, 5) is 12.5. The van der Waals surface area contributed by atoms with E-state index >= 15 is 0 Å². The van der Waals surface area contributed by atoms with E-state index in [-0.39, 0.29) is 12.5 Å². The van der Waals surface area contributed by atoms with Crippen LogP contribution >= 0.6 is 0 Å². The third-order valence-corrected chi connectivity index (χ3v) is 2.72. The molecule has 0 aliphatic carbocycles. The van der Waals surface area contributed by atoms with Gasteiger partial charge >= 0.3 is 6.09 Å². The third-order valence-electron chi connectivity index (χ3n) is 2.72. The highest BCUT2D eigenvalue weighted by Gasteiger charge is 2.42. The zero-order valence-electron chi connectivity index (χ0n) is 8.34. The van der Waals surface area contributed by atoms with E-state index in [2.05, 4.69) is 4.74 Å². The van der Waals surface area contributed by atoms with E-state index in [0.29, 0.717) is 13.0 Å². The highest BCUT2D eigenvalue weighted by Crippen LogP contribution is 2.32. The van der Waals surface area contributed by atoms with Crippen molar-refractivity contribution in [1.82, 2.24) is 4.90 Å². The van der Waals surface area contributed by atoms with Gasteiger partial charge in [-0.1, -0.05) is 13.8 Å². The maximum absolute atomic E-state index is 13.9. The van der Waals surface area contributed by atoms with Crippen LogP contribution in [0.25, 0.3) is 0 Å². The fraction of sp³-hybridized carbons (Fsp3) is 0.889. The van der Waals surface area contributed by atoms with Crippen molar-refractivity contribution in [3.63, 3.8) is 0 Å². The zero-order valence-corrected chi connectivity index (χ0v) is 8.34. The average molecular weight is 189 g/mol. The summed E-state index contributed by atoms with van der Waals surface area (Å²) < 4.78 is 18.5. The van der Waals surface area contributed by atoms with E-state index < -0.39 is 11.8 Å². The van der Waals surface area contributed by atoms with E-state index in [9.17, 15) is 9.18 Å². The van der Waals surface area contributed by atoms with Gasteiger partial charge in [0, 0.05) is 13.0 Å². The van der Waals surface area contributed by atoms with Crippen LogP contribution in [-0.2, 0) is 4.74 Å². The van der Waals surface area contributed by atoms with Gasteiger partial charge in [0.1, 0.15) is 5.67 Å². The minimum Gasteiger partial charge on any atom is -0.453 e. The number of amides is 1. The number of nitrogens with zero attached hydrogens (tertiary/aromatic N) is 1. The second-order valence-corrected chi connectivity index (χ2v) is 3.83. The lowest BCUT2D eigenvalue weighted by atomic mass is 9.92. The van der Waals surface area contributed by atoms with E-state index in [4.69, 9.17) is 0 Å². The Bertz CT molecular complexity index is 208. The molecule has 3 nitrogen and oxygen atoms in total. The van der Waals surface area contributed by atoms with Crippen LogP contribution in [0.1, 0.15) is 20.3 Å². The number of halogens is 1. The fourth-order valence-corrected chi connectivity index (χ4v) is 1.55. The Morgan fingerprint density at radius 2 is 2.23 bits per heavy atom. The molecule has 0 bridgehead atoms. The molecule has 76 valence electrons. The molecule has 1 aliphatic heterocycles. The summed E-state index contributed by atoms with van der Waals surface area (Å²) in [6.45, 7) is 4.29. The number of hydrogen-bond donors (Lipinski definition) is 0. The quantitative estimate of drug-likeness (QED) is 0.629. The van der Waals surface area contributed by atoms with Gasteiger partial charge in [-0.05, 0) is 5.92 Å². The number of ether oxygens (including phenoxy) is 1. The smallest absolute Gasteiger partial charge is 0.409 e. The van der Waals surface area contributed by atoms with Crippen LogP contribution in [0.3, 0.4) is 0 Å². The van der Waals surface area contributed by atoms with Crippen molar-refractivity contribution in [3.05, 3.63) is 0 Å². The number of carbonyl (C=O) groups is 1. The minimum absolute atomic E-state index is 0.0536. The monoisotopic (exact) mass is 189 g/mol. The predicted molar refractivity (Wildman–Crippen MR) is 47.3 cm³/mol. The van der Waals surface area contributed by atoms with E-state index in [1.807, 2.05) is 13.8 Å². The van der Waals surface area contributed by atoms with Gasteiger partial charge in [-0.2, -0.15) is 0 Å². The van der Waals surface area contributed by atoms with Crippen molar-refractivity contribution in [2.24, 2.45) is 5.92 Å². The van der Waals surface area contributed by atoms with Gasteiger partial charge in [-0.3, -0.25) is 0 Å². The zero-order chi connectivity index (χ0) is 10.1. The van der Waals surface area contributed by atoms with E-state index in [1.54, 1.807) is 0 Å². The molecule has 1 fully saturated rings. The van der Waals surface area contributed by atoms with Crippen molar-refractivity contribution in [2.45, 2.75) is 25.9 Å². The Balaban J connectivity index is 2.58. The molecule has 1 atom stereocenters. The summed E-state index contributed by atoms with van der Waals surface area (Å²) in [5.74, 6) is -0.0536. The number of alkyl halides is 1. The SMILES string of the molecule is COC(=O)N1CC[C@@](F)(C(C)C)C1. The molecule has 0 aromatic heterocycles. The first-order valence-electron chi connectivity index (χ1n) is 4.51. The van der Waals surface area contributed by atoms with Crippen LogP contribution in [0.5, 0.6) is 0 Å². The van der Waals surface area contributed by atoms with Gasteiger partial charge in [0.2, 0.25) is 0 Å². The molecule has 1 amide bonds.